The van der Waals surface area contributed by atoms with Crippen molar-refractivity contribution in [3.05, 3.63) is 11.8 Å². The minimum atomic E-state index is 0.152. The minimum absolute atomic E-state index is 0.152. The van der Waals surface area contributed by atoms with Crippen LogP contribution in [0.5, 0.6) is 0 Å². The summed E-state index contributed by atoms with van der Waals surface area (Å²) in [6.45, 7) is 4.89. The minimum Gasteiger partial charge on any atom is -0.424 e. The van der Waals surface area contributed by atoms with E-state index in [1.54, 1.807) is 7.11 Å². The van der Waals surface area contributed by atoms with Gasteiger partial charge in [-0.2, -0.15) is 0 Å². The van der Waals surface area contributed by atoms with Crippen molar-refractivity contribution in [2.45, 2.75) is 32.7 Å². The largest absolute Gasteiger partial charge is 0.424 e. The maximum absolute atomic E-state index is 5.60. The van der Waals surface area contributed by atoms with Crippen LogP contribution in [-0.4, -0.2) is 31.0 Å². The molecule has 5 nitrogen and oxygen atoms in total. The second-order valence-electron chi connectivity index (χ2n) is 4.05. The number of ether oxygens (including phenoxy) is 1. The van der Waals surface area contributed by atoms with Crippen molar-refractivity contribution >= 4 is 0 Å². The van der Waals surface area contributed by atoms with Crippen LogP contribution in [0.2, 0.25) is 0 Å². The van der Waals surface area contributed by atoms with Crippen molar-refractivity contribution in [1.82, 2.24) is 15.5 Å². The highest BCUT2D eigenvalue weighted by Crippen LogP contribution is 2.16. The number of nitrogens with zero attached hydrogens (tertiary/aromatic N) is 2. The lowest BCUT2D eigenvalue weighted by atomic mass is 10.1. The SMILES string of the molecule is CCC(NC)c1nnc(CC(C)COC)o1. The molecule has 1 aromatic rings. The van der Waals surface area contributed by atoms with Crippen molar-refractivity contribution in [1.29, 1.82) is 0 Å². The van der Waals surface area contributed by atoms with Gasteiger partial charge in [-0.05, 0) is 19.4 Å². The average molecular weight is 227 g/mol. The zero-order valence-electron chi connectivity index (χ0n) is 10.5. The number of aromatic nitrogens is 2. The van der Waals surface area contributed by atoms with Crippen molar-refractivity contribution < 1.29 is 9.15 Å². The van der Waals surface area contributed by atoms with Gasteiger partial charge in [0.2, 0.25) is 11.8 Å². The quantitative estimate of drug-likeness (QED) is 0.766. The van der Waals surface area contributed by atoms with E-state index in [1.807, 2.05) is 7.05 Å². The van der Waals surface area contributed by atoms with Gasteiger partial charge in [0, 0.05) is 20.1 Å². The fraction of sp³-hybridized carbons (Fsp3) is 0.818. The Kier molecular flexibility index (Phi) is 5.42. The molecule has 1 aromatic heterocycles. The predicted octanol–water partition coefficient (Wildman–Crippen LogP) is 1.57. The van der Waals surface area contributed by atoms with E-state index in [-0.39, 0.29) is 6.04 Å². The van der Waals surface area contributed by atoms with Gasteiger partial charge in [-0.1, -0.05) is 13.8 Å². The van der Waals surface area contributed by atoms with Crippen molar-refractivity contribution in [2.24, 2.45) is 5.92 Å². The summed E-state index contributed by atoms with van der Waals surface area (Å²) in [4.78, 5) is 0. The Hall–Kier alpha value is -0.940. The summed E-state index contributed by atoms with van der Waals surface area (Å²) in [5.74, 6) is 1.76. The molecule has 5 heteroatoms. The van der Waals surface area contributed by atoms with Gasteiger partial charge < -0.3 is 14.5 Å². The van der Waals surface area contributed by atoms with Gasteiger partial charge in [-0.3, -0.25) is 0 Å². The molecule has 0 spiro atoms. The normalized spacial score (nSPS) is 15.0. The van der Waals surface area contributed by atoms with E-state index in [4.69, 9.17) is 9.15 Å². The summed E-state index contributed by atoms with van der Waals surface area (Å²) >= 11 is 0. The first-order valence-electron chi connectivity index (χ1n) is 5.69. The molecule has 0 amide bonds. The fourth-order valence-corrected chi connectivity index (χ4v) is 1.63. The van der Waals surface area contributed by atoms with E-state index in [9.17, 15) is 0 Å². The number of rotatable bonds is 7. The van der Waals surface area contributed by atoms with Crippen LogP contribution in [0.25, 0.3) is 0 Å². The number of nitrogens with one attached hydrogen (secondary N) is 1. The Morgan fingerprint density at radius 1 is 1.44 bits per heavy atom. The van der Waals surface area contributed by atoms with Crippen molar-refractivity contribution in [2.75, 3.05) is 20.8 Å². The molecule has 0 aliphatic heterocycles. The van der Waals surface area contributed by atoms with Crippen LogP contribution in [-0.2, 0) is 11.2 Å². The van der Waals surface area contributed by atoms with Gasteiger partial charge in [0.1, 0.15) is 0 Å². The third kappa shape index (κ3) is 3.57. The average Bonchev–Trinajstić information content (AvgIpc) is 2.68. The second kappa shape index (κ2) is 6.60. The Bertz CT molecular complexity index is 297. The van der Waals surface area contributed by atoms with E-state index < -0.39 is 0 Å². The van der Waals surface area contributed by atoms with Crippen molar-refractivity contribution in [3.8, 4) is 0 Å². The van der Waals surface area contributed by atoms with E-state index in [0.717, 1.165) is 12.8 Å². The molecule has 0 saturated heterocycles. The van der Waals surface area contributed by atoms with E-state index in [1.165, 1.54) is 0 Å². The second-order valence-corrected chi connectivity index (χ2v) is 4.05. The molecule has 92 valence electrons. The highest BCUT2D eigenvalue weighted by atomic mass is 16.5. The summed E-state index contributed by atoms with van der Waals surface area (Å²) in [7, 11) is 3.59. The van der Waals surface area contributed by atoms with Gasteiger partial charge in [-0.15, -0.1) is 10.2 Å². The molecule has 1 rings (SSSR count). The summed E-state index contributed by atoms with van der Waals surface area (Å²) in [6, 6.07) is 0.152. The molecule has 16 heavy (non-hydrogen) atoms. The molecule has 0 fully saturated rings. The molecular formula is C11H21N3O2. The highest BCUT2D eigenvalue weighted by Gasteiger charge is 2.16. The third-order valence-electron chi connectivity index (χ3n) is 2.51. The first-order valence-corrected chi connectivity index (χ1v) is 5.69. The molecule has 2 unspecified atom stereocenters. The maximum Gasteiger partial charge on any atom is 0.233 e. The first-order chi connectivity index (χ1) is 7.71. The van der Waals surface area contributed by atoms with E-state index >= 15 is 0 Å². The molecule has 0 saturated carbocycles. The summed E-state index contributed by atoms with van der Waals surface area (Å²) < 4.78 is 10.7. The van der Waals surface area contributed by atoms with Crippen LogP contribution in [0, 0.1) is 5.92 Å². The molecule has 0 radical (unpaired) electrons. The van der Waals surface area contributed by atoms with E-state index in [2.05, 4.69) is 29.4 Å². The highest BCUT2D eigenvalue weighted by molar-refractivity contribution is 4.89. The first kappa shape index (κ1) is 13.1. The molecule has 0 aromatic carbocycles. The Labute approximate surface area is 96.6 Å². The van der Waals surface area contributed by atoms with Gasteiger partial charge in [0.05, 0.1) is 6.04 Å². The number of methoxy groups -OCH3 is 1. The smallest absolute Gasteiger partial charge is 0.233 e. The molecule has 2 atom stereocenters. The summed E-state index contributed by atoms with van der Waals surface area (Å²) in [6.07, 6.45) is 1.70. The van der Waals surface area contributed by atoms with Gasteiger partial charge in [-0.25, -0.2) is 0 Å². The Morgan fingerprint density at radius 3 is 2.75 bits per heavy atom. The van der Waals surface area contributed by atoms with Crippen LogP contribution in [0.4, 0.5) is 0 Å². The summed E-state index contributed by atoms with van der Waals surface area (Å²) in [5.41, 5.74) is 0. The lowest BCUT2D eigenvalue weighted by Crippen LogP contribution is -2.15. The van der Waals surface area contributed by atoms with Crippen LogP contribution in [0.1, 0.15) is 38.1 Å². The van der Waals surface area contributed by atoms with Gasteiger partial charge in [0.25, 0.3) is 0 Å². The van der Waals surface area contributed by atoms with E-state index in [0.29, 0.717) is 24.3 Å². The topological polar surface area (TPSA) is 60.2 Å². The molecular weight excluding hydrogens is 206 g/mol. The fourth-order valence-electron chi connectivity index (χ4n) is 1.63. The standard InChI is InChI=1S/C11H21N3O2/c1-5-9(12-3)11-14-13-10(16-11)6-8(2)7-15-4/h8-9,12H,5-7H2,1-4H3. The van der Waals surface area contributed by atoms with Crippen LogP contribution in [0.15, 0.2) is 4.42 Å². The molecule has 0 bridgehead atoms. The number of hydrogen-bond donors (Lipinski definition) is 1. The lowest BCUT2D eigenvalue weighted by molar-refractivity contribution is 0.155. The molecule has 1 N–H and O–H groups in total. The Balaban J connectivity index is 2.57. The number of hydrogen-bond acceptors (Lipinski definition) is 5. The lowest BCUT2D eigenvalue weighted by Gasteiger charge is -2.08. The zero-order valence-corrected chi connectivity index (χ0v) is 10.5. The predicted molar refractivity (Wildman–Crippen MR) is 61.1 cm³/mol. The van der Waals surface area contributed by atoms with Crippen molar-refractivity contribution in [3.63, 3.8) is 0 Å². The molecule has 0 aliphatic carbocycles. The third-order valence-corrected chi connectivity index (χ3v) is 2.51. The van der Waals surface area contributed by atoms with Crippen LogP contribution in [0.3, 0.4) is 0 Å². The van der Waals surface area contributed by atoms with Gasteiger partial charge in [0.15, 0.2) is 0 Å². The maximum atomic E-state index is 5.60. The molecule has 0 aliphatic rings. The monoisotopic (exact) mass is 227 g/mol. The van der Waals surface area contributed by atoms with Crippen LogP contribution < -0.4 is 5.32 Å². The van der Waals surface area contributed by atoms with Crippen LogP contribution >= 0.6 is 0 Å². The summed E-state index contributed by atoms with van der Waals surface area (Å²) in [5, 5.41) is 11.2. The van der Waals surface area contributed by atoms with Gasteiger partial charge >= 0.3 is 0 Å². The zero-order chi connectivity index (χ0) is 12.0. The molecule has 1 heterocycles. The Morgan fingerprint density at radius 2 is 2.19 bits per heavy atom.